The third-order valence-corrected chi connectivity index (χ3v) is 5.08. The number of benzene rings is 2. The summed E-state index contributed by atoms with van der Waals surface area (Å²) in [4.78, 5) is 36.5. The van der Waals surface area contributed by atoms with Crippen molar-refractivity contribution >= 4 is 23.0 Å². The van der Waals surface area contributed by atoms with Gasteiger partial charge in [0, 0.05) is 19.0 Å². The highest BCUT2D eigenvalue weighted by Crippen LogP contribution is 2.18. The van der Waals surface area contributed by atoms with Gasteiger partial charge in [0.2, 0.25) is 0 Å². The van der Waals surface area contributed by atoms with Crippen molar-refractivity contribution in [2.75, 3.05) is 6.54 Å². The Hall–Kier alpha value is -3.35. The number of para-hydroxylation sites is 2. The van der Waals surface area contributed by atoms with Crippen LogP contribution < -0.4 is 11.1 Å². The molecule has 0 fully saturated rings. The first kappa shape index (κ1) is 21.4. The number of ether oxygens (including phenoxy) is 1. The van der Waals surface area contributed by atoms with Crippen molar-refractivity contribution in [3.63, 3.8) is 0 Å². The van der Waals surface area contributed by atoms with E-state index >= 15 is 0 Å². The quantitative estimate of drug-likeness (QED) is 0.547. The molecule has 1 heterocycles. The minimum atomic E-state index is -0.913. The number of rotatable bonds is 9. The van der Waals surface area contributed by atoms with Gasteiger partial charge in [-0.05, 0) is 31.0 Å². The molecule has 7 heteroatoms. The Morgan fingerprint density at radius 1 is 1.10 bits per heavy atom. The third-order valence-electron chi connectivity index (χ3n) is 5.08. The van der Waals surface area contributed by atoms with Gasteiger partial charge in [0.15, 0.2) is 11.7 Å². The maximum Gasteiger partial charge on any atom is 0.419 e. The number of amides is 1. The molecule has 0 spiro atoms. The minimum absolute atomic E-state index is 0.0390. The van der Waals surface area contributed by atoms with E-state index in [0.29, 0.717) is 17.6 Å². The number of carbonyl (C=O) groups excluding carboxylic acids is 2. The van der Waals surface area contributed by atoms with E-state index < -0.39 is 17.8 Å². The standard InChI is InChI=1S/C23H26N2O5/c1-3-17(18-9-5-4-6-10-18)15-24-22(27)16(2)29-21(26)13-14-25-19-11-7-8-12-20(19)30-23(25)28/h4-12,16-17H,3,13-15H2,1-2H3,(H,24,27)/t16-,17+/m1/s1. The van der Waals surface area contributed by atoms with Crippen LogP contribution in [0.4, 0.5) is 0 Å². The topological polar surface area (TPSA) is 90.5 Å². The van der Waals surface area contributed by atoms with Crippen LogP contribution in [0.15, 0.2) is 63.8 Å². The molecule has 0 unspecified atom stereocenters. The molecule has 0 radical (unpaired) electrons. The van der Waals surface area contributed by atoms with E-state index in [9.17, 15) is 14.4 Å². The van der Waals surface area contributed by atoms with Crippen LogP contribution in [0.1, 0.15) is 38.2 Å². The molecule has 0 bridgehead atoms. The predicted octanol–water partition coefficient (Wildman–Crippen LogP) is 3.23. The highest BCUT2D eigenvalue weighted by Gasteiger charge is 2.20. The SMILES string of the molecule is CC[C@@H](CNC(=O)[C@@H](C)OC(=O)CCn1c(=O)oc2ccccc21)c1ccccc1. The van der Waals surface area contributed by atoms with Gasteiger partial charge in [-0.3, -0.25) is 14.2 Å². The highest BCUT2D eigenvalue weighted by atomic mass is 16.5. The molecular formula is C23H26N2O5. The fourth-order valence-corrected chi connectivity index (χ4v) is 3.33. The molecule has 1 amide bonds. The Bertz CT molecular complexity index is 1050. The molecule has 0 saturated carbocycles. The Labute approximate surface area is 174 Å². The highest BCUT2D eigenvalue weighted by molar-refractivity contribution is 5.83. The average molecular weight is 410 g/mol. The van der Waals surface area contributed by atoms with Crippen molar-refractivity contribution < 1.29 is 18.7 Å². The van der Waals surface area contributed by atoms with Crippen LogP contribution in [-0.4, -0.2) is 29.1 Å². The third kappa shape index (κ3) is 5.17. The van der Waals surface area contributed by atoms with E-state index in [1.54, 1.807) is 24.3 Å². The second-order valence-electron chi connectivity index (χ2n) is 7.13. The van der Waals surface area contributed by atoms with Crippen molar-refractivity contribution in [3.05, 3.63) is 70.7 Å². The van der Waals surface area contributed by atoms with Gasteiger partial charge < -0.3 is 14.5 Å². The molecule has 158 valence electrons. The molecule has 2 aromatic carbocycles. The van der Waals surface area contributed by atoms with Gasteiger partial charge in [-0.15, -0.1) is 0 Å². The van der Waals surface area contributed by atoms with Crippen LogP contribution >= 0.6 is 0 Å². The van der Waals surface area contributed by atoms with Gasteiger partial charge >= 0.3 is 11.7 Å². The number of hydrogen-bond donors (Lipinski definition) is 1. The first-order valence-electron chi connectivity index (χ1n) is 10.1. The second-order valence-corrected chi connectivity index (χ2v) is 7.13. The molecule has 0 aliphatic heterocycles. The molecule has 3 aromatic rings. The Morgan fingerprint density at radius 3 is 2.53 bits per heavy atom. The lowest BCUT2D eigenvalue weighted by Crippen LogP contribution is -2.38. The molecule has 0 saturated heterocycles. The number of esters is 1. The zero-order valence-corrected chi connectivity index (χ0v) is 17.2. The molecule has 7 nitrogen and oxygen atoms in total. The van der Waals surface area contributed by atoms with Crippen molar-refractivity contribution in [2.45, 2.75) is 45.3 Å². The lowest BCUT2D eigenvalue weighted by atomic mass is 9.96. The Kier molecular flexibility index (Phi) is 7.06. The average Bonchev–Trinajstić information content (AvgIpc) is 3.08. The maximum absolute atomic E-state index is 12.3. The summed E-state index contributed by atoms with van der Waals surface area (Å²) in [5.41, 5.74) is 2.24. The molecule has 1 N–H and O–H groups in total. The van der Waals surface area contributed by atoms with E-state index in [0.717, 1.165) is 12.0 Å². The zero-order chi connectivity index (χ0) is 21.5. The summed E-state index contributed by atoms with van der Waals surface area (Å²) < 4.78 is 11.8. The Balaban J connectivity index is 1.49. The summed E-state index contributed by atoms with van der Waals surface area (Å²) in [7, 11) is 0. The van der Waals surface area contributed by atoms with Crippen LogP contribution in [0, 0.1) is 0 Å². The molecule has 1 aromatic heterocycles. The van der Waals surface area contributed by atoms with Gasteiger partial charge in [0.1, 0.15) is 0 Å². The van der Waals surface area contributed by atoms with E-state index in [2.05, 4.69) is 12.2 Å². The Morgan fingerprint density at radius 2 is 1.80 bits per heavy atom. The van der Waals surface area contributed by atoms with Gasteiger partial charge in [0.25, 0.3) is 5.91 Å². The zero-order valence-electron chi connectivity index (χ0n) is 17.2. The van der Waals surface area contributed by atoms with E-state index in [-0.39, 0.29) is 24.8 Å². The van der Waals surface area contributed by atoms with Crippen molar-refractivity contribution in [3.8, 4) is 0 Å². The minimum Gasteiger partial charge on any atom is -0.452 e. The van der Waals surface area contributed by atoms with Crippen molar-refractivity contribution in [2.24, 2.45) is 0 Å². The van der Waals surface area contributed by atoms with Gasteiger partial charge in [0.05, 0.1) is 11.9 Å². The summed E-state index contributed by atoms with van der Waals surface area (Å²) in [6.45, 7) is 4.19. The number of fused-ring (bicyclic) bond motifs is 1. The number of hydrogen-bond acceptors (Lipinski definition) is 5. The lowest BCUT2D eigenvalue weighted by molar-refractivity contribution is -0.155. The van der Waals surface area contributed by atoms with Crippen LogP contribution in [0.5, 0.6) is 0 Å². The fourth-order valence-electron chi connectivity index (χ4n) is 3.33. The van der Waals surface area contributed by atoms with Crippen LogP contribution in [-0.2, 0) is 20.9 Å². The van der Waals surface area contributed by atoms with Gasteiger partial charge in [-0.25, -0.2) is 4.79 Å². The van der Waals surface area contributed by atoms with E-state index in [1.165, 1.54) is 11.5 Å². The van der Waals surface area contributed by atoms with E-state index in [1.807, 2.05) is 30.3 Å². The summed E-state index contributed by atoms with van der Waals surface area (Å²) in [5.74, 6) is -1.23. The van der Waals surface area contributed by atoms with Gasteiger partial charge in [-0.1, -0.05) is 49.4 Å². The summed E-state index contributed by atoms with van der Waals surface area (Å²) >= 11 is 0. The first-order valence-corrected chi connectivity index (χ1v) is 10.1. The molecule has 30 heavy (non-hydrogen) atoms. The van der Waals surface area contributed by atoms with E-state index in [4.69, 9.17) is 9.15 Å². The summed E-state index contributed by atoms with van der Waals surface area (Å²) in [6.07, 6.45) is -0.0715. The predicted molar refractivity (Wildman–Crippen MR) is 113 cm³/mol. The number of oxazole rings is 1. The molecule has 0 aliphatic rings. The number of aromatic nitrogens is 1. The number of nitrogens with zero attached hydrogens (tertiary/aromatic N) is 1. The number of nitrogens with one attached hydrogen (secondary N) is 1. The largest absolute Gasteiger partial charge is 0.452 e. The van der Waals surface area contributed by atoms with Gasteiger partial charge in [-0.2, -0.15) is 0 Å². The fraction of sp³-hybridized carbons (Fsp3) is 0.348. The summed E-state index contributed by atoms with van der Waals surface area (Å²) in [6, 6.07) is 17.0. The number of aryl methyl sites for hydroxylation is 1. The first-order chi connectivity index (χ1) is 14.5. The summed E-state index contributed by atoms with van der Waals surface area (Å²) in [5, 5.41) is 2.85. The monoisotopic (exact) mass is 410 g/mol. The smallest absolute Gasteiger partial charge is 0.419 e. The number of carbonyl (C=O) groups is 2. The molecule has 0 aliphatic carbocycles. The molecule has 2 atom stereocenters. The lowest BCUT2D eigenvalue weighted by Gasteiger charge is -2.18. The molecule has 3 rings (SSSR count). The van der Waals surface area contributed by atoms with Crippen molar-refractivity contribution in [1.29, 1.82) is 0 Å². The molecular weight excluding hydrogens is 384 g/mol. The van der Waals surface area contributed by atoms with Crippen LogP contribution in [0.25, 0.3) is 11.1 Å². The van der Waals surface area contributed by atoms with Crippen LogP contribution in [0.3, 0.4) is 0 Å². The van der Waals surface area contributed by atoms with Crippen LogP contribution in [0.2, 0.25) is 0 Å². The second kappa shape index (κ2) is 9.91. The maximum atomic E-state index is 12.3. The van der Waals surface area contributed by atoms with Crippen molar-refractivity contribution in [1.82, 2.24) is 9.88 Å². The normalized spacial score (nSPS) is 13.0.